The van der Waals surface area contributed by atoms with Crippen molar-refractivity contribution >= 4 is 38.1 Å². The highest BCUT2D eigenvalue weighted by atomic mass is 32.2. The third-order valence-corrected chi connectivity index (χ3v) is 7.41. The Morgan fingerprint density at radius 1 is 1.06 bits per heavy atom. The lowest BCUT2D eigenvalue weighted by molar-refractivity contribution is 0.102. The second-order valence-corrected chi connectivity index (χ2v) is 10.1. The Labute approximate surface area is 187 Å². The minimum Gasteiger partial charge on any atom is -0.296 e. The molecular formula is C22H26N4O3S2. The highest BCUT2D eigenvalue weighted by Gasteiger charge is 2.20. The van der Waals surface area contributed by atoms with Crippen molar-refractivity contribution in [2.24, 2.45) is 0 Å². The number of aromatic nitrogens is 2. The molecule has 3 rings (SSSR count). The number of amides is 1. The zero-order chi connectivity index (χ0) is 22.6. The molecule has 31 heavy (non-hydrogen) atoms. The summed E-state index contributed by atoms with van der Waals surface area (Å²) in [4.78, 5) is 12.9. The van der Waals surface area contributed by atoms with Crippen molar-refractivity contribution in [3.63, 3.8) is 0 Å². The number of benzene rings is 2. The molecular weight excluding hydrogens is 432 g/mol. The normalized spacial score (nSPS) is 11.5. The van der Waals surface area contributed by atoms with Gasteiger partial charge in [-0.2, -0.15) is 0 Å². The first-order valence-electron chi connectivity index (χ1n) is 10.1. The van der Waals surface area contributed by atoms with Crippen molar-refractivity contribution in [1.82, 2.24) is 10.2 Å². The zero-order valence-electron chi connectivity index (χ0n) is 18.0. The van der Waals surface area contributed by atoms with E-state index in [-0.39, 0.29) is 10.5 Å². The molecule has 0 bridgehead atoms. The summed E-state index contributed by atoms with van der Waals surface area (Å²) in [5.74, 6) is -0.108. The molecule has 0 aliphatic carbocycles. The lowest BCUT2D eigenvalue weighted by atomic mass is 10.1. The lowest BCUT2D eigenvalue weighted by Crippen LogP contribution is -2.17. The minimum atomic E-state index is -3.84. The molecule has 9 heteroatoms. The number of nitrogens with one attached hydrogen (secondary N) is 2. The van der Waals surface area contributed by atoms with Gasteiger partial charge in [0, 0.05) is 17.2 Å². The summed E-state index contributed by atoms with van der Waals surface area (Å²) in [6.07, 6.45) is 1.90. The molecule has 3 aromatic rings. The Hall–Kier alpha value is -2.78. The van der Waals surface area contributed by atoms with Crippen LogP contribution in [0.2, 0.25) is 0 Å². The van der Waals surface area contributed by atoms with Gasteiger partial charge in [-0.3, -0.25) is 14.8 Å². The van der Waals surface area contributed by atoms with Gasteiger partial charge in [0.1, 0.15) is 5.01 Å². The van der Waals surface area contributed by atoms with Crippen LogP contribution >= 0.6 is 11.3 Å². The van der Waals surface area contributed by atoms with Crippen LogP contribution in [0.15, 0.2) is 47.4 Å². The summed E-state index contributed by atoms with van der Waals surface area (Å²) in [7, 11) is -3.84. The SMILES string of the molecule is CCC(CC)c1nnc(NC(=O)c2cc(S(=O)(=O)Nc3cccc(C)c3)ccc2C)s1. The van der Waals surface area contributed by atoms with E-state index in [1.54, 1.807) is 31.2 Å². The molecule has 1 aromatic heterocycles. The fourth-order valence-electron chi connectivity index (χ4n) is 3.19. The van der Waals surface area contributed by atoms with Crippen LogP contribution in [0.25, 0.3) is 0 Å². The van der Waals surface area contributed by atoms with E-state index in [4.69, 9.17) is 0 Å². The molecule has 1 heterocycles. The fraction of sp³-hybridized carbons (Fsp3) is 0.318. The Bertz CT molecular complexity index is 1180. The van der Waals surface area contributed by atoms with Gasteiger partial charge in [0.15, 0.2) is 0 Å². The summed E-state index contributed by atoms with van der Waals surface area (Å²) in [5.41, 5.74) is 2.34. The molecule has 7 nitrogen and oxygen atoms in total. The Morgan fingerprint density at radius 2 is 1.81 bits per heavy atom. The van der Waals surface area contributed by atoms with E-state index in [1.807, 2.05) is 13.0 Å². The second kappa shape index (κ2) is 9.57. The van der Waals surface area contributed by atoms with Crippen LogP contribution in [0.5, 0.6) is 0 Å². The van der Waals surface area contributed by atoms with Crippen LogP contribution in [0.3, 0.4) is 0 Å². The van der Waals surface area contributed by atoms with E-state index in [9.17, 15) is 13.2 Å². The summed E-state index contributed by atoms with van der Waals surface area (Å²) in [5, 5.41) is 12.3. The van der Waals surface area contributed by atoms with E-state index < -0.39 is 15.9 Å². The average molecular weight is 459 g/mol. The number of sulfonamides is 1. The van der Waals surface area contributed by atoms with Crippen molar-refractivity contribution in [3.8, 4) is 0 Å². The van der Waals surface area contributed by atoms with Crippen LogP contribution < -0.4 is 10.0 Å². The van der Waals surface area contributed by atoms with Crippen LogP contribution in [0.1, 0.15) is 59.1 Å². The average Bonchev–Trinajstić information content (AvgIpc) is 3.17. The van der Waals surface area contributed by atoms with Crippen molar-refractivity contribution in [2.45, 2.75) is 51.3 Å². The summed E-state index contributed by atoms with van der Waals surface area (Å²) < 4.78 is 28.2. The molecule has 0 saturated heterocycles. The molecule has 0 atom stereocenters. The van der Waals surface area contributed by atoms with Crippen LogP contribution in [-0.4, -0.2) is 24.5 Å². The van der Waals surface area contributed by atoms with Crippen molar-refractivity contribution in [1.29, 1.82) is 0 Å². The smallest absolute Gasteiger partial charge is 0.261 e. The van der Waals surface area contributed by atoms with Gasteiger partial charge in [0.05, 0.1) is 4.90 Å². The summed E-state index contributed by atoms with van der Waals surface area (Å²) in [6.45, 7) is 7.82. The third kappa shape index (κ3) is 5.48. The Balaban J connectivity index is 1.82. The predicted octanol–water partition coefficient (Wildman–Crippen LogP) is 5.11. The number of anilines is 2. The van der Waals surface area contributed by atoms with Gasteiger partial charge >= 0.3 is 0 Å². The quantitative estimate of drug-likeness (QED) is 0.488. The molecule has 1 amide bonds. The first-order valence-corrected chi connectivity index (χ1v) is 12.4. The number of nitrogens with zero attached hydrogens (tertiary/aromatic N) is 2. The van der Waals surface area contributed by atoms with E-state index in [0.717, 1.165) is 23.4 Å². The number of carbonyl (C=O) groups is 1. The van der Waals surface area contributed by atoms with Gasteiger partial charge in [-0.25, -0.2) is 8.42 Å². The lowest BCUT2D eigenvalue weighted by Gasteiger charge is -2.11. The maximum Gasteiger partial charge on any atom is 0.261 e. The largest absolute Gasteiger partial charge is 0.296 e. The molecule has 0 unspecified atom stereocenters. The van der Waals surface area contributed by atoms with Gasteiger partial charge < -0.3 is 0 Å². The van der Waals surface area contributed by atoms with Crippen LogP contribution in [0.4, 0.5) is 10.8 Å². The van der Waals surface area contributed by atoms with E-state index in [1.165, 1.54) is 23.5 Å². The summed E-state index contributed by atoms with van der Waals surface area (Å²) >= 11 is 1.35. The van der Waals surface area contributed by atoms with Gasteiger partial charge in [-0.05, 0) is 62.1 Å². The fourth-order valence-corrected chi connectivity index (χ4v) is 5.27. The highest BCUT2D eigenvalue weighted by Crippen LogP contribution is 2.28. The maximum absolute atomic E-state index is 12.8. The van der Waals surface area contributed by atoms with E-state index in [2.05, 4.69) is 34.1 Å². The number of carbonyl (C=O) groups excluding carboxylic acids is 1. The topological polar surface area (TPSA) is 101 Å². The summed E-state index contributed by atoms with van der Waals surface area (Å²) in [6, 6.07) is 11.6. The van der Waals surface area contributed by atoms with Gasteiger partial charge in [-0.1, -0.05) is 43.4 Å². The molecule has 0 saturated carbocycles. The van der Waals surface area contributed by atoms with Gasteiger partial charge in [0.25, 0.3) is 15.9 Å². The molecule has 0 fully saturated rings. The monoisotopic (exact) mass is 458 g/mol. The van der Waals surface area contributed by atoms with Crippen molar-refractivity contribution in [3.05, 3.63) is 64.2 Å². The first kappa shape index (κ1) is 22.9. The number of aryl methyl sites for hydroxylation is 2. The number of hydrogen-bond acceptors (Lipinski definition) is 6. The molecule has 0 aliphatic heterocycles. The molecule has 164 valence electrons. The van der Waals surface area contributed by atoms with E-state index >= 15 is 0 Å². The van der Waals surface area contributed by atoms with E-state index in [0.29, 0.717) is 22.3 Å². The van der Waals surface area contributed by atoms with Gasteiger partial charge in [0.2, 0.25) is 5.13 Å². The Kier molecular flexibility index (Phi) is 7.07. The second-order valence-electron chi connectivity index (χ2n) is 7.36. The van der Waals surface area contributed by atoms with Crippen molar-refractivity contribution < 1.29 is 13.2 Å². The molecule has 0 radical (unpaired) electrons. The molecule has 2 N–H and O–H groups in total. The maximum atomic E-state index is 12.8. The first-order chi connectivity index (χ1) is 14.7. The molecule has 2 aromatic carbocycles. The van der Waals surface area contributed by atoms with Crippen LogP contribution in [0, 0.1) is 13.8 Å². The van der Waals surface area contributed by atoms with Gasteiger partial charge in [-0.15, -0.1) is 10.2 Å². The molecule has 0 spiro atoms. The third-order valence-electron chi connectivity index (χ3n) is 5.03. The predicted molar refractivity (Wildman–Crippen MR) is 124 cm³/mol. The highest BCUT2D eigenvalue weighted by molar-refractivity contribution is 7.92. The number of hydrogen-bond donors (Lipinski definition) is 2. The van der Waals surface area contributed by atoms with Crippen LogP contribution in [-0.2, 0) is 10.0 Å². The Morgan fingerprint density at radius 3 is 2.48 bits per heavy atom. The standard InChI is InChI=1S/C22H26N4O3S2/c1-5-16(6-2)21-24-25-22(30-21)23-20(27)19-13-18(11-10-15(19)4)31(28,29)26-17-9-7-8-14(3)12-17/h7-13,16,26H,5-6H2,1-4H3,(H,23,25,27). The minimum absolute atomic E-state index is 0.0136. The number of rotatable bonds is 8. The zero-order valence-corrected chi connectivity index (χ0v) is 19.6. The van der Waals surface area contributed by atoms with Crippen molar-refractivity contribution in [2.75, 3.05) is 10.0 Å². The molecule has 0 aliphatic rings.